The monoisotopic (exact) mass is 340 g/mol. The van der Waals surface area contributed by atoms with Crippen LogP contribution in [-0.4, -0.2) is 18.4 Å². The Labute approximate surface area is 146 Å². The van der Waals surface area contributed by atoms with Gasteiger partial charge < -0.3 is 10.2 Å². The topological polar surface area (TPSA) is 49.4 Å². The zero-order chi connectivity index (χ0) is 18.1. The summed E-state index contributed by atoms with van der Waals surface area (Å²) in [7, 11) is 0. The molecule has 0 aromatic heterocycles. The molecule has 5 heteroatoms. The number of carbonyl (C=O) groups is 2. The molecule has 4 nitrogen and oxygen atoms in total. The number of halogens is 1. The molecule has 130 valence electrons. The minimum atomic E-state index is -0.449. The number of rotatable bonds is 3. The van der Waals surface area contributed by atoms with Crippen LogP contribution >= 0.6 is 0 Å². The maximum absolute atomic E-state index is 13.4. The molecular formula is C20H21FN2O2. The van der Waals surface area contributed by atoms with E-state index in [1.807, 2.05) is 32.0 Å². The van der Waals surface area contributed by atoms with Gasteiger partial charge in [-0.15, -0.1) is 0 Å². The van der Waals surface area contributed by atoms with Crippen molar-refractivity contribution in [1.82, 2.24) is 0 Å². The molecule has 25 heavy (non-hydrogen) atoms. The van der Waals surface area contributed by atoms with Crippen LogP contribution in [0.3, 0.4) is 0 Å². The first-order valence-electron chi connectivity index (χ1n) is 8.30. The van der Waals surface area contributed by atoms with Crippen LogP contribution in [0.25, 0.3) is 0 Å². The van der Waals surface area contributed by atoms with E-state index in [1.54, 1.807) is 17.9 Å². The molecular weight excluding hydrogens is 319 g/mol. The Hall–Kier alpha value is -2.69. The number of amides is 2. The summed E-state index contributed by atoms with van der Waals surface area (Å²) in [6, 6.07) is 10.1. The molecule has 1 aliphatic heterocycles. The zero-order valence-electron chi connectivity index (χ0n) is 14.6. The smallest absolute Gasteiger partial charge is 0.229 e. The highest BCUT2D eigenvalue weighted by Gasteiger charge is 2.35. The van der Waals surface area contributed by atoms with E-state index in [2.05, 4.69) is 5.32 Å². The van der Waals surface area contributed by atoms with E-state index in [0.717, 1.165) is 22.4 Å². The molecule has 0 spiro atoms. The first-order chi connectivity index (χ1) is 11.9. The molecule has 1 fully saturated rings. The maximum atomic E-state index is 13.4. The Kier molecular flexibility index (Phi) is 4.57. The molecule has 0 bridgehead atoms. The number of aryl methyl sites for hydroxylation is 2. The minimum absolute atomic E-state index is 0.0650. The van der Waals surface area contributed by atoms with Gasteiger partial charge in [0.2, 0.25) is 11.8 Å². The number of nitrogens with one attached hydrogen (secondary N) is 1. The second kappa shape index (κ2) is 6.67. The standard InChI is InChI=1S/C20H21FN2O2/c1-12-5-4-6-18(14(12)3)23-11-15(9-19(23)24)20(25)22-17-10-16(21)8-7-13(17)2/h4-8,10,15H,9,11H2,1-3H3,(H,22,25)/t15-/m0/s1. The normalized spacial score (nSPS) is 17.0. The highest BCUT2D eigenvalue weighted by atomic mass is 19.1. The van der Waals surface area contributed by atoms with Crippen molar-refractivity contribution in [3.05, 3.63) is 58.9 Å². The molecule has 0 radical (unpaired) electrons. The lowest BCUT2D eigenvalue weighted by Crippen LogP contribution is -2.28. The lowest BCUT2D eigenvalue weighted by Gasteiger charge is -2.20. The van der Waals surface area contributed by atoms with Gasteiger partial charge in [0.15, 0.2) is 0 Å². The second-order valence-electron chi connectivity index (χ2n) is 6.57. The summed E-state index contributed by atoms with van der Waals surface area (Å²) in [5.41, 5.74) is 4.22. The van der Waals surface area contributed by atoms with Gasteiger partial charge in [-0.3, -0.25) is 9.59 Å². The Morgan fingerprint density at radius 2 is 1.92 bits per heavy atom. The number of carbonyl (C=O) groups excluding carboxylic acids is 2. The summed E-state index contributed by atoms with van der Waals surface area (Å²) in [4.78, 5) is 26.6. The number of anilines is 2. The van der Waals surface area contributed by atoms with Crippen molar-refractivity contribution < 1.29 is 14.0 Å². The molecule has 2 amide bonds. The minimum Gasteiger partial charge on any atom is -0.325 e. The maximum Gasteiger partial charge on any atom is 0.229 e. The van der Waals surface area contributed by atoms with Crippen molar-refractivity contribution in [1.29, 1.82) is 0 Å². The number of nitrogens with zero attached hydrogens (tertiary/aromatic N) is 1. The summed E-state index contributed by atoms with van der Waals surface area (Å²) >= 11 is 0. The fourth-order valence-electron chi connectivity index (χ4n) is 3.11. The highest BCUT2D eigenvalue weighted by molar-refractivity contribution is 6.04. The molecule has 1 heterocycles. The molecule has 0 saturated carbocycles. The van der Waals surface area contributed by atoms with E-state index < -0.39 is 11.7 Å². The molecule has 2 aromatic carbocycles. The van der Waals surface area contributed by atoms with E-state index in [1.165, 1.54) is 12.1 Å². The van der Waals surface area contributed by atoms with Gasteiger partial charge in [-0.25, -0.2) is 4.39 Å². The van der Waals surface area contributed by atoms with Gasteiger partial charge in [0.1, 0.15) is 5.82 Å². The molecule has 1 atom stereocenters. The summed E-state index contributed by atoms with van der Waals surface area (Å²) in [5.74, 6) is -1.17. The first kappa shape index (κ1) is 17.1. The Morgan fingerprint density at radius 3 is 2.68 bits per heavy atom. The van der Waals surface area contributed by atoms with Gasteiger partial charge in [0.25, 0.3) is 0 Å². The van der Waals surface area contributed by atoms with Gasteiger partial charge in [-0.1, -0.05) is 18.2 Å². The molecule has 0 unspecified atom stereocenters. The van der Waals surface area contributed by atoms with Crippen molar-refractivity contribution in [3.8, 4) is 0 Å². The van der Waals surface area contributed by atoms with Crippen LogP contribution in [0.1, 0.15) is 23.1 Å². The van der Waals surface area contributed by atoms with Crippen LogP contribution < -0.4 is 10.2 Å². The van der Waals surface area contributed by atoms with Crippen LogP contribution in [-0.2, 0) is 9.59 Å². The molecule has 1 saturated heterocycles. The number of hydrogen-bond donors (Lipinski definition) is 1. The van der Waals surface area contributed by atoms with E-state index >= 15 is 0 Å². The third-order valence-corrected chi connectivity index (χ3v) is 4.82. The van der Waals surface area contributed by atoms with Gasteiger partial charge >= 0.3 is 0 Å². The quantitative estimate of drug-likeness (QED) is 0.925. The lowest BCUT2D eigenvalue weighted by molar-refractivity contribution is -0.122. The van der Waals surface area contributed by atoms with E-state index in [-0.39, 0.29) is 18.2 Å². The van der Waals surface area contributed by atoms with Crippen molar-refractivity contribution in [2.45, 2.75) is 27.2 Å². The number of hydrogen-bond acceptors (Lipinski definition) is 2. The van der Waals surface area contributed by atoms with E-state index in [4.69, 9.17) is 0 Å². The van der Waals surface area contributed by atoms with Crippen LogP contribution in [0.2, 0.25) is 0 Å². The Balaban J connectivity index is 1.77. The molecule has 2 aromatic rings. The van der Waals surface area contributed by atoms with Gasteiger partial charge in [-0.05, 0) is 55.7 Å². The van der Waals surface area contributed by atoms with Crippen LogP contribution in [0.5, 0.6) is 0 Å². The van der Waals surface area contributed by atoms with Crippen molar-refractivity contribution in [2.75, 3.05) is 16.8 Å². The predicted molar refractivity (Wildman–Crippen MR) is 96.1 cm³/mol. The highest BCUT2D eigenvalue weighted by Crippen LogP contribution is 2.30. The summed E-state index contributed by atoms with van der Waals surface area (Å²) in [6.07, 6.45) is 0.160. The SMILES string of the molecule is Cc1ccc(F)cc1NC(=O)[C@H]1CC(=O)N(c2cccc(C)c2C)C1. The fraction of sp³-hybridized carbons (Fsp3) is 0.300. The van der Waals surface area contributed by atoms with Gasteiger partial charge in [0, 0.05) is 24.3 Å². The summed E-state index contributed by atoms with van der Waals surface area (Å²) in [5, 5.41) is 2.75. The average Bonchev–Trinajstić information content (AvgIpc) is 2.95. The van der Waals surface area contributed by atoms with Crippen LogP contribution in [0.15, 0.2) is 36.4 Å². The summed E-state index contributed by atoms with van der Waals surface area (Å²) in [6.45, 7) is 6.11. The van der Waals surface area contributed by atoms with Crippen molar-refractivity contribution >= 4 is 23.2 Å². The Bertz CT molecular complexity index is 848. The largest absolute Gasteiger partial charge is 0.325 e. The van der Waals surface area contributed by atoms with Gasteiger partial charge in [0.05, 0.1) is 5.92 Å². The van der Waals surface area contributed by atoms with Crippen LogP contribution in [0.4, 0.5) is 15.8 Å². The lowest BCUT2D eigenvalue weighted by atomic mass is 10.1. The van der Waals surface area contributed by atoms with E-state index in [0.29, 0.717) is 12.2 Å². The molecule has 1 N–H and O–H groups in total. The molecule has 1 aliphatic rings. The van der Waals surface area contributed by atoms with Crippen molar-refractivity contribution in [2.24, 2.45) is 5.92 Å². The zero-order valence-corrected chi connectivity index (χ0v) is 14.6. The Morgan fingerprint density at radius 1 is 1.16 bits per heavy atom. The van der Waals surface area contributed by atoms with E-state index in [9.17, 15) is 14.0 Å². The third-order valence-electron chi connectivity index (χ3n) is 4.82. The van der Waals surface area contributed by atoms with Crippen LogP contribution in [0, 0.1) is 32.5 Å². The second-order valence-corrected chi connectivity index (χ2v) is 6.57. The first-order valence-corrected chi connectivity index (χ1v) is 8.30. The fourth-order valence-corrected chi connectivity index (χ4v) is 3.11. The third kappa shape index (κ3) is 3.40. The summed E-state index contributed by atoms with van der Waals surface area (Å²) < 4.78 is 13.4. The van der Waals surface area contributed by atoms with Crippen molar-refractivity contribution in [3.63, 3.8) is 0 Å². The predicted octanol–water partition coefficient (Wildman–Crippen LogP) is 3.74. The average molecular weight is 340 g/mol. The molecule has 3 rings (SSSR count). The number of benzene rings is 2. The van der Waals surface area contributed by atoms with Gasteiger partial charge in [-0.2, -0.15) is 0 Å². The molecule has 0 aliphatic carbocycles.